The Bertz CT molecular complexity index is 925. The van der Waals surface area contributed by atoms with E-state index in [1.165, 1.54) is 11.3 Å². The Hall–Kier alpha value is -2.53. The van der Waals surface area contributed by atoms with E-state index >= 15 is 0 Å². The molecule has 0 aliphatic heterocycles. The molecule has 0 saturated carbocycles. The van der Waals surface area contributed by atoms with Crippen LogP contribution in [-0.2, 0) is 22.4 Å². The van der Waals surface area contributed by atoms with Crippen LogP contribution in [0.3, 0.4) is 0 Å². The smallest absolute Gasteiger partial charge is 0.224 e. The molecule has 1 amide bonds. The summed E-state index contributed by atoms with van der Waals surface area (Å²) in [6.07, 6.45) is 0.537. The van der Waals surface area contributed by atoms with Gasteiger partial charge in [-0.3, -0.25) is 9.59 Å². The van der Waals surface area contributed by atoms with Crippen LogP contribution in [0.1, 0.15) is 36.0 Å². The zero-order valence-electron chi connectivity index (χ0n) is 15.0. The molecule has 0 radical (unpaired) electrons. The van der Waals surface area contributed by atoms with Gasteiger partial charge in [-0.1, -0.05) is 56.3 Å². The van der Waals surface area contributed by atoms with Gasteiger partial charge in [0.15, 0.2) is 5.78 Å². The van der Waals surface area contributed by atoms with Crippen LogP contribution < -0.4 is 5.32 Å². The van der Waals surface area contributed by atoms with Crippen LogP contribution in [0, 0.1) is 0 Å². The minimum atomic E-state index is -0.142. The summed E-state index contributed by atoms with van der Waals surface area (Å²) in [6.45, 7) is 4.20. The zero-order chi connectivity index (χ0) is 18.5. The highest BCUT2D eigenvalue weighted by Crippen LogP contribution is 2.19. The highest BCUT2D eigenvalue weighted by molar-refractivity contribution is 7.09. The molecule has 0 atom stereocenters. The summed E-state index contributed by atoms with van der Waals surface area (Å²) in [7, 11) is 0. The highest BCUT2D eigenvalue weighted by Gasteiger charge is 2.12. The number of benzene rings is 2. The van der Waals surface area contributed by atoms with Gasteiger partial charge in [0.2, 0.25) is 5.91 Å². The van der Waals surface area contributed by atoms with Crippen LogP contribution in [0.4, 0.5) is 0 Å². The summed E-state index contributed by atoms with van der Waals surface area (Å²) < 4.78 is 0. The molecule has 3 aromatic rings. The monoisotopic (exact) mass is 366 g/mol. The molecule has 0 aliphatic rings. The normalized spacial score (nSPS) is 11.0. The lowest BCUT2D eigenvalue weighted by Crippen LogP contribution is -2.31. The van der Waals surface area contributed by atoms with Gasteiger partial charge in [0, 0.05) is 5.38 Å². The van der Waals surface area contributed by atoms with Crippen LogP contribution >= 0.6 is 11.3 Å². The molecular weight excluding hydrogens is 344 g/mol. The molecule has 5 heteroatoms. The number of amides is 1. The molecule has 0 aliphatic carbocycles. The summed E-state index contributed by atoms with van der Waals surface area (Å²) in [4.78, 5) is 28.8. The molecule has 0 fully saturated rings. The van der Waals surface area contributed by atoms with Crippen LogP contribution in [-0.4, -0.2) is 23.2 Å². The molecule has 0 saturated heterocycles. The molecule has 1 aromatic heterocycles. The Kier molecular flexibility index (Phi) is 5.78. The van der Waals surface area contributed by atoms with Crippen LogP contribution in [0.5, 0.6) is 0 Å². The SMILES string of the molecule is CC(C)c1csc(CC(=O)CNC(=O)Cc2cccc3ccccc23)n1. The predicted molar refractivity (Wildman–Crippen MR) is 106 cm³/mol. The van der Waals surface area contributed by atoms with Gasteiger partial charge in [0.1, 0.15) is 5.01 Å². The maximum Gasteiger partial charge on any atom is 0.224 e. The number of carbonyl (C=O) groups excluding carboxylic acids is 2. The Balaban J connectivity index is 1.54. The summed E-state index contributed by atoms with van der Waals surface area (Å²) in [5.41, 5.74) is 1.98. The Morgan fingerprint density at radius 3 is 2.62 bits per heavy atom. The van der Waals surface area contributed by atoms with Crippen LogP contribution in [0.2, 0.25) is 0 Å². The summed E-state index contributed by atoms with van der Waals surface area (Å²) >= 11 is 1.50. The quantitative estimate of drug-likeness (QED) is 0.690. The lowest BCUT2D eigenvalue weighted by atomic mass is 10.0. The second kappa shape index (κ2) is 8.23. The first-order valence-electron chi connectivity index (χ1n) is 8.72. The van der Waals surface area contributed by atoms with Crippen molar-refractivity contribution in [1.29, 1.82) is 0 Å². The Morgan fingerprint density at radius 2 is 1.85 bits per heavy atom. The third-order valence-corrected chi connectivity index (χ3v) is 5.09. The number of carbonyl (C=O) groups is 2. The average molecular weight is 366 g/mol. The molecule has 0 spiro atoms. The number of hydrogen-bond donors (Lipinski definition) is 1. The average Bonchev–Trinajstić information content (AvgIpc) is 3.09. The number of hydrogen-bond acceptors (Lipinski definition) is 4. The Morgan fingerprint density at radius 1 is 1.08 bits per heavy atom. The fourth-order valence-electron chi connectivity index (χ4n) is 2.78. The zero-order valence-corrected chi connectivity index (χ0v) is 15.8. The number of thiazole rings is 1. The molecular formula is C21H22N2O2S. The van der Waals surface area contributed by atoms with Gasteiger partial charge >= 0.3 is 0 Å². The van der Waals surface area contributed by atoms with Crippen molar-refractivity contribution >= 4 is 33.8 Å². The first-order valence-corrected chi connectivity index (χ1v) is 9.60. The maximum atomic E-state index is 12.2. The molecule has 2 aromatic carbocycles. The van der Waals surface area contributed by atoms with Gasteiger partial charge in [0.05, 0.1) is 25.1 Å². The molecule has 1 heterocycles. The maximum absolute atomic E-state index is 12.2. The molecule has 0 bridgehead atoms. The van der Waals surface area contributed by atoms with Crippen molar-refractivity contribution in [2.24, 2.45) is 0 Å². The lowest BCUT2D eigenvalue weighted by Gasteiger charge is -2.07. The summed E-state index contributed by atoms with van der Waals surface area (Å²) in [5, 5.41) is 7.71. The molecule has 26 heavy (non-hydrogen) atoms. The van der Waals surface area contributed by atoms with E-state index in [0.717, 1.165) is 27.0 Å². The number of rotatable bonds is 7. The van der Waals surface area contributed by atoms with E-state index in [0.29, 0.717) is 5.92 Å². The van der Waals surface area contributed by atoms with Crippen LogP contribution in [0.15, 0.2) is 47.8 Å². The largest absolute Gasteiger partial charge is 0.349 e. The molecule has 3 rings (SSSR count). The van der Waals surface area contributed by atoms with Crippen molar-refractivity contribution in [3.8, 4) is 0 Å². The minimum Gasteiger partial charge on any atom is -0.349 e. The summed E-state index contributed by atoms with van der Waals surface area (Å²) in [6, 6.07) is 13.9. The van der Waals surface area contributed by atoms with E-state index in [9.17, 15) is 9.59 Å². The second-order valence-electron chi connectivity index (χ2n) is 6.63. The van der Waals surface area contributed by atoms with E-state index in [4.69, 9.17) is 0 Å². The Labute approximate surface area is 157 Å². The first-order chi connectivity index (χ1) is 12.5. The highest BCUT2D eigenvalue weighted by atomic mass is 32.1. The van der Waals surface area contributed by atoms with Crippen molar-refractivity contribution in [3.63, 3.8) is 0 Å². The van der Waals surface area contributed by atoms with Gasteiger partial charge in [-0.2, -0.15) is 0 Å². The standard InChI is InChI=1S/C21H22N2O2S/c1-14(2)19-13-26-21(23-19)11-17(24)12-22-20(25)10-16-8-5-7-15-6-3-4-9-18(15)16/h3-9,13-14H,10-12H2,1-2H3,(H,22,25). The van der Waals surface area contributed by atoms with E-state index in [1.54, 1.807) is 0 Å². The number of Topliss-reactive ketones (excluding diaryl/α,β-unsaturated/α-hetero) is 1. The molecule has 0 unspecified atom stereocenters. The van der Waals surface area contributed by atoms with Gasteiger partial charge in [-0.05, 0) is 22.3 Å². The lowest BCUT2D eigenvalue weighted by molar-refractivity contribution is -0.124. The number of fused-ring (bicyclic) bond motifs is 1. The summed E-state index contributed by atoms with van der Waals surface area (Å²) in [5.74, 6) is 0.188. The molecule has 1 N–H and O–H groups in total. The van der Waals surface area contributed by atoms with E-state index in [2.05, 4.69) is 24.1 Å². The van der Waals surface area contributed by atoms with E-state index in [-0.39, 0.29) is 31.1 Å². The van der Waals surface area contributed by atoms with E-state index in [1.807, 2.05) is 47.8 Å². The van der Waals surface area contributed by atoms with Crippen molar-refractivity contribution < 1.29 is 9.59 Å². The predicted octanol–water partition coefficient (Wildman–Crippen LogP) is 3.89. The van der Waals surface area contributed by atoms with E-state index < -0.39 is 0 Å². The van der Waals surface area contributed by atoms with Gasteiger partial charge < -0.3 is 5.32 Å². The second-order valence-corrected chi connectivity index (χ2v) is 7.57. The van der Waals surface area contributed by atoms with Crippen molar-refractivity contribution in [3.05, 3.63) is 64.1 Å². The van der Waals surface area contributed by atoms with Crippen molar-refractivity contribution in [2.45, 2.75) is 32.6 Å². The number of ketones is 1. The van der Waals surface area contributed by atoms with Gasteiger partial charge in [-0.15, -0.1) is 11.3 Å². The van der Waals surface area contributed by atoms with Gasteiger partial charge in [0.25, 0.3) is 0 Å². The topological polar surface area (TPSA) is 59.1 Å². The third-order valence-electron chi connectivity index (χ3n) is 4.22. The third kappa shape index (κ3) is 4.55. The number of nitrogens with zero attached hydrogens (tertiary/aromatic N) is 1. The number of nitrogens with one attached hydrogen (secondary N) is 1. The fraction of sp³-hybridized carbons (Fsp3) is 0.286. The molecule has 4 nitrogen and oxygen atoms in total. The fourth-order valence-corrected chi connectivity index (χ4v) is 3.77. The first kappa shape index (κ1) is 18.3. The molecule has 134 valence electrons. The van der Waals surface area contributed by atoms with Crippen molar-refractivity contribution in [2.75, 3.05) is 6.54 Å². The van der Waals surface area contributed by atoms with Crippen LogP contribution in [0.25, 0.3) is 10.8 Å². The number of aromatic nitrogens is 1. The van der Waals surface area contributed by atoms with Gasteiger partial charge in [-0.25, -0.2) is 4.98 Å². The van der Waals surface area contributed by atoms with Crippen molar-refractivity contribution in [1.82, 2.24) is 10.3 Å². The minimum absolute atomic E-state index is 0.0269.